The van der Waals surface area contributed by atoms with Crippen molar-refractivity contribution in [3.8, 4) is 28.7 Å². The van der Waals surface area contributed by atoms with Gasteiger partial charge in [-0.3, -0.25) is 0 Å². The summed E-state index contributed by atoms with van der Waals surface area (Å²) in [6, 6.07) is 6.50. The van der Waals surface area contributed by atoms with Crippen LogP contribution in [-0.2, 0) is 21.5 Å². The molecule has 42 heavy (non-hydrogen) atoms. The summed E-state index contributed by atoms with van der Waals surface area (Å²) in [4.78, 5) is 0. The summed E-state index contributed by atoms with van der Waals surface area (Å²) in [5.74, 6) is 2.02. The van der Waals surface area contributed by atoms with Crippen LogP contribution in [0.25, 0.3) is 0 Å². The van der Waals surface area contributed by atoms with Crippen molar-refractivity contribution < 1.29 is 63.8 Å². The van der Waals surface area contributed by atoms with E-state index in [2.05, 4.69) is 6.58 Å². The molecule has 6 rings (SSSR count). The molecule has 4 unspecified atom stereocenters. The summed E-state index contributed by atoms with van der Waals surface area (Å²) < 4.78 is 40.1. The molecule has 2 aromatic rings. The van der Waals surface area contributed by atoms with Crippen molar-refractivity contribution in [1.82, 2.24) is 0 Å². The van der Waals surface area contributed by atoms with Gasteiger partial charge in [0.15, 0.2) is 29.5 Å². The molecule has 9 atom stereocenters. The summed E-state index contributed by atoms with van der Waals surface area (Å²) in [7, 11) is 2.96. The molecule has 1 saturated heterocycles. The Balaban J connectivity index is 1.20. The maximum absolute atomic E-state index is 11.9. The molecule has 228 valence electrons. The van der Waals surface area contributed by atoms with Crippen LogP contribution in [0.5, 0.6) is 28.7 Å². The first-order valence-electron chi connectivity index (χ1n) is 13.5. The lowest BCUT2D eigenvalue weighted by atomic mass is 9.76. The summed E-state index contributed by atoms with van der Waals surface area (Å²) >= 11 is 0. The second-order valence-corrected chi connectivity index (χ2v) is 10.8. The van der Waals surface area contributed by atoms with Gasteiger partial charge in [0.2, 0.25) is 0 Å². The number of hydrogen-bond donors (Lipinski definition) is 6. The van der Waals surface area contributed by atoms with Crippen LogP contribution in [-0.4, -0.2) is 108 Å². The Kier molecular flexibility index (Phi) is 7.48. The number of aliphatic hydroxyl groups is 6. The van der Waals surface area contributed by atoms with Gasteiger partial charge >= 0.3 is 0 Å². The van der Waals surface area contributed by atoms with Crippen molar-refractivity contribution in [2.75, 3.05) is 34.0 Å². The summed E-state index contributed by atoms with van der Waals surface area (Å²) in [6.45, 7) is 3.31. The van der Waals surface area contributed by atoms with Crippen LogP contribution in [0.15, 0.2) is 36.4 Å². The lowest BCUT2D eigenvalue weighted by Gasteiger charge is -2.47. The number of methoxy groups -OCH3 is 2. The molecule has 13 heteroatoms. The maximum atomic E-state index is 11.9. The van der Waals surface area contributed by atoms with Gasteiger partial charge in [0.1, 0.15) is 60.5 Å². The van der Waals surface area contributed by atoms with Gasteiger partial charge in [0, 0.05) is 29.2 Å². The molecule has 0 aliphatic carbocycles. The zero-order valence-electron chi connectivity index (χ0n) is 23.0. The topological polar surface area (TPSA) is 186 Å². The van der Waals surface area contributed by atoms with E-state index in [1.807, 2.05) is 0 Å². The number of rotatable bonds is 7. The van der Waals surface area contributed by atoms with E-state index in [0.717, 1.165) is 0 Å². The standard InChI is InChI=1S/C29H34O13/c1-12(10-39-28-25(33)24(32)23(31)21(9-30)41-28)17-6-14-16(40-17)5-4-13-26(14)42-22-11-38-18-8-20(37-3)19(36-2)7-15(18)29(22,35)27(13)34/h4-5,7-8,17,21-25,27-28,30-35H,1,6,9-11H2,2-3H3/t17?,21-,22?,23-,24+,25-,27?,28-,29?/m1/s1. The predicted molar refractivity (Wildman–Crippen MR) is 142 cm³/mol. The Hall–Kier alpha value is -3.14. The van der Waals surface area contributed by atoms with Crippen molar-refractivity contribution in [2.45, 2.75) is 61.0 Å². The van der Waals surface area contributed by atoms with E-state index in [-0.39, 0.29) is 13.2 Å². The highest BCUT2D eigenvalue weighted by Crippen LogP contribution is 2.55. The minimum atomic E-state index is -1.84. The van der Waals surface area contributed by atoms with Crippen LogP contribution >= 0.6 is 0 Å². The van der Waals surface area contributed by atoms with Gasteiger partial charge in [0.25, 0.3) is 0 Å². The molecule has 0 aromatic heterocycles. The molecular weight excluding hydrogens is 556 g/mol. The number of ether oxygens (including phenoxy) is 7. The first-order chi connectivity index (χ1) is 20.1. The predicted octanol–water partition coefficient (Wildman–Crippen LogP) is -0.545. The van der Waals surface area contributed by atoms with Gasteiger partial charge in [-0.2, -0.15) is 0 Å². The quantitative estimate of drug-likeness (QED) is 0.226. The molecule has 0 spiro atoms. The Morgan fingerprint density at radius 2 is 1.74 bits per heavy atom. The van der Waals surface area contributed by atoms with Crippen LogP contribution in [0.1, 0.15) is 22.8 Å². The van der Waals surface area contributed by atoms with Gasteiger partial charge < -0.3 is 63.8 Å². The van der Waals surface area contributed by atoms with Crippen LogP contribution in [0, 0.1) is 0 Å². The number of aliphatic hydroxyl groups excluding tert-OH is 5. The van der Waals surface area contributed by atoms with E-state index < -0.39 is 61.2 Å². The van der Waals surface area contributed by atoms with Crippen molar-refractivity contribution in [1.29, 1.82) is 0 Å². The average Bonchev–Trinajstić information content (AvgIpc) is 3.45. The first-order valence-corrected chi connectivity index (χ1v) is 13.5. The largest absolute Gasteiger partial charge is 0.493 e. The van der Waals surface area contributed by atoms with E-state index in [0.29, 0.717) is 57.4 Å². The van der Waals surface area contributed by atoms with Gasteiger partial charge in [-0.15, -0.1) is 0 Å². The molecule has 13 nitrogen and oxygen atoms in total. The highest BCUT2D eigenvalue weighted by molar-refractivity contribution is 5.60. The fraction of sp³-hybridized carbons (Fsp3) is 0.517. The van der Waals surface area contributed by atoms with Gasteiger partial charge in [0.05, 0.1) is 27.4 Å². The van der Waals surface area contributed by atoms with Crippen LogP contribution < -0.4 is 23.7 Å². The summed E-state index contributed by atoms with van der Waals surface area (Å²) in [6.07, 6.45) is -9.56. The van der Waals surface area contributed by atoms with Gasteiger partial charge in [-0.25, -0.2) is 0 Å². The number of hydrogen-bond acceptors (Lipinski definition) is 13. The average molecular weight is 591 g/mol. The minimum absolute atomic E-state index is 0.0386. The monoisotopic (exact) mass is 590 g/mol. The molecule has 6 N–H and O–H groups in total. The van der Waals surface area contributed by atoms with Crippen molar-refractivity contribution in [3.05, 3.63) is 53.1 Å². The minimum Gasteiger partial charge on any atom is -0.493 e. The molecule has 4 heterocycles. The maximum Gasteiger partial charge on any atom is 0.187 e. The highest BCUT2D eigenvalue weighted by Gasteiger charge is 2.56. The zero-order chi connectivity index (χ0) is 29.9. The second-order valence-electron chi connectivity index (χ2n) is 10.8. The van der Waals surface area contributed by atoms with Gasteiger partial charge in [-0.1, -0.05) is 6.58 Å². The zero-order valence-corrected chi connectivity index (χ0v) is 23.0. The second kappa shape index (κ2) is 10.8. The van der Waals surface area contributed by atoms with E-state index in [4.69, 9.17) is 33.2 Å². The molecule has 4 aliphatic rings. The summed E-state index contributed by atoms with van der Waals surface area (Å²) in [5.41, 5.74) is 0.00713. The molecule has 2 aromatic carbocycles. The fourth-order valence-electron chi connectivity index (χ4n) is 5.97. The van der Waals surface area contributed by atoms with E-state index >= 15 is 0 Å². The van der Waals surface area contributed by atoms with Crippen molar-refractivity contribution >= 4 is 0 Å². The van der Waals surface area contributed by atoms with Gasteiger partial charge in [-0.05, 0) is 23.8 Å². The third kappa shape index (κ3) is 4.39. The van der Waals surface area contributed by atoms with E-state index in [1.165, 1.54) is 14.2 Å². The third-order valence-corrected chi connectivity index (χ3v) is 8.41. The van der Waals surface area contributed by atoms with Crippen LogP contribution in [0.4, 0.5) is 0 Å². The molecular formula is C29H34O13. The molecule has 0 amide bonds. The van der Waals surface area contributed by atoms with Crippen LogP contribution in [0.2, 0.25) is 0 Å². The Morgan fingerprint density at radius 3 is 2.45 bits per heavy atom. The molecule has 0 radical (unpaired) electrons. The first kappa shape index (κ1) is 29.0. The Bertz CT molecular complexity index is 1360. The SMILES string of the molecule is C=C(CO[C@@H]1O[C@H](CO)[C@@H](O)[C@H](O)[C@H]1O)C1Cc2c(ccc3c2OC2COc4cc(OC)c(OC)cc4C2(O)C3O)O1. The third-order valence-electron chi connectivity index (χ3n) is 8.41. The van der Waals surface area contributed by atoms with E-state index in [1.54, 1.807) is 24.3 Å². The van der Waals surface area contributed by atoms with Crippen molar-refractivity contribution in [3.63, 3.8) is 0 Å². The van der Waals surface area contributed by atoms with Crippen LogP contribution in [0.3, 0.4) is 0 Å². The summed E-state index contributed by atoms with van der Waals surface area (Å²) in [5, 5.41) is 63.1. The molecule has 1 fully saturated rings. The number of benzene rings is 2. The Labute approximate surface area is 241 Å². The lowest BCUT2D eigenvalue weighted by Crippen LogP contribution is -2.59. The molecule has 0 saturated carbocycles. The normalized spacial score (nSPS) is 34.5. The smallest absolute Gasteiger partial charge is 0.187 e. The van der Waals surface area contributed by atoms with Crippen molar-refractivity contribution in [2.24, 2.45) is 0 Å². The number of fused-ring (bicyclic) bond motifs is 6. The molecule has 4 aliphatic heterocycles. The fourth-order valence-corrected chi connectivity index (χ4v) is 5.97. The molecule has 0 bridgehead atoms. The Morgan fingerprint density at radius 1 is 1.00 bits per heavy atom. The van der Waals surface area contributed by atoms with E-state index in [9.17, 15) is 30.6 Å². The lowest BCUT2D eigenvalue weighted by molar-refractivity contribution is -0.299. The highest BCUT2D eigenvalue weighted by atomic mass is 16.7.